The smallest absolute Gasteiger partial charge is 0.387 e. The van der Waals surface area contributed by atoms with E-state index in [1.54, 1.807) is 6.07 Å². The predicted molar refractivity (Wildman–Crippen MR) is 78.2 cm³/mol. The molecule has 0 saturated heterocycles. The maximum Gasteiger partial charge on any atom is 0.387 e. The van der Waals surface area contributed by atoms with Crippen molar-refractivity contribution in [3.05, 3.63) is 62.8 Å². The van der Waals surface area contributed by atoms with Crippen LogP contribution < -0.4 is 10.5 Å². The molecule has 0 bridgehead atoms. The summed E-state index contributed by atoms with van der Waals surface area (Å²) in [6.07, 6.45) is 0. The SMILES string of the molecule is NC(c1cc(Cl)c(Br)cc1F)c1ccccc1OC(F)F. The minimum absolute atomic E-state index is 0.0912. The summed E-state index contributed by atoms with van der Waals surface area (Å²) >= 11 is 9.02. The molecule has 2 N–H and O–H groups in total. The molecule has 2 rings (SSSR count). The third-order valence-electron chi connectivity index (χ3n) is 2.84. The van der Waals surface area contributed by atoms with Crippen LogP contribution in [0.4, 0.5) is 13.2 Å². The monoisotopic (exact) mass is 379 g/mol. The van der Waals surface area contributed by atoms with Gasteiger partial charge in [0.1, 0.15) is 11.6 Å². The van der Waals surface area contributed by atoms with E-state index in [0.717, 1.165) is 0 Å². The van der Waals surface area contributed by atoms with E-state index in [9.17, 15) is 13.2 Å². The van der Waals surface area contributed by atoms with Crippen LogP contribution in [0.15, 0.2) is 40.9 Å². The van der Waals surface area contributed by atoms with Crippen LogP contribution in [-0.4, -0.2) is 6.61 Å². The molecule has 2 nitrogen and oxygen atoms in total. The van der Waals surface area contributed by atoms with Crippen molar-refractivity contribution in [1.82, 2.24) is 0 Å². The zero-order valence-corrected chi connectivity index (χ0v) is 12.8. The molecule has 0 radical (unpaired) electrons. The van der Waals surface area contributed by atoms with E-state index in [1.807, 2.05) is 0 Å². The summed E-state index contributed by atoms with van der Waals surface area (Å²) < 4.78 is 43.6. The average Bonchev–Trinajstić information content (AvgIpc) is 2.42. The molecule has 0 heterocycles. The lowest BCUT2D eigenvalue weighted by atomic mass is 9.98. The second-order valence-electron chi connectivity index (χ2n) is 4.18. The fourth-order valence-electron chi connectivity index (χ4n) is 1.88. The fourth-order valence-corrected chi connectivity index (χ4v) is 2.37. The highest BCUT2D eigenvalue weighted by Crippen LogP contribution is 2.34. The van der Waals surface area contributed by atoms with Crippen molar-refractivity contribution < 1.29 is 17.9 Å². The molecule has 0 amide bonds. The summed E-state index contributed by atoms with van der Waals surface area (Å²) in [5.41, 5.74) is 6.31. The zero-order chi connectivity index (χ0) is 15.6. The Hall–Kier alpha value is -1.24. The summed E-state index contributed by atoms with van der Waals surface area (Å²) in [5.74, 6) is -0.691. The Morgan fingerprint density at radius 1 is 1.14 bits per heavy atom. The second kappa shape index (κ2) is 6.68. The summed E-state index contributed by atoms with van der Waals surface area (Å²) in [5, 5.41) is 0.272. The number of rotatable bonds is 4. The van der Waals surface area contributed by atoms with Gasteiger partial charge in [0.25, 0.3) is 0 Å². The second-order valence-corrected chi connectivity index (χ2v) is 5.44. The third-order valence-corrected chi connectivity index (χ3v) is 4.04. The van der Waals surface area contributed by atoms with Gasteiger partial charge >= 0.3 is 6.61 Å². The van der Waals surface area contributed by atoms with Gasteiger partial charge in [-0.2, -0.15) is 8.78 Å². The van der Waals surface area contributed by atoms with Crippen molar-refractivity contribution in [1.29, 1.82) is 0 Å². The predicted octanol–water partition coefficient (Wildman–Crippen LogP) is 4.89. The molecular weight excluding hydrogens is 371 g/mol. The molecule has 1 atom stereocenters. The van der Waals surface area contributed by atoms with Gasteiger partial charge in [0, 0.05) is 15.6 Å². The van der Waals surface area contributed by atoms with Gasteiger partial charge in [0.2, 0.25) is 0 Å². The van der Waals surface area contributed by atoms with Crippen LogP contribution >= 0.6 is 27.5 Å². The molecule has 2 aromatic carbocycles. The van der Waals surface area contributed by atoms with Crippen LogP contribution in [0.3, 0.4) is 0 Å². The van der Waals surface area contributed by atoms with E-state index in [-0.39, 0.29) is 21.9 Å². The van der Waals surface area contributed by atoms with E-state index in [1.165, 1.54) is 30.3 Å². The Kier molecular flexibility index (Phi) is 5.13. The number of halogens is 5. The molecule has 0 aliphatic heterocycles. The van der Waals surface area contributed by atoms with E-state index in [4.69, 9.17) is 17.3 Å². The highest BCUT2D eigenvalue weighted by molar-refractivity contribution is 9.10. The van der Waals surface area contributed by atoms with Gasteiger partial charge in [-0.05, 0) is 34.1 Å². The fraction of sp³-hybridized carbons (Fsp3) is 0.143. The van der Waals surface area contributed by atoms with Crippen LogP contribution in [-0.2, 0) is 0 Å². The van der Waals surface area contributed by atoms with Gasteiger partial charge in [-0.1, -0.05) is 29.8 Å². The Labute approximate surface area is 132 Å². The van der Waals surface area contributed by atoms with Crippen LogP contribution in [0, 0.1) is 5.82 Å². The third kappa shape index (κ3) is 3.70. The van der Waals surface area contributed by atoms with Crippen LogP contribution in [0.1, 0.15) is 17.2 Å². The van der Waals surface area contributed by atoms with Crippen molar-refractivity contribution in [3.63, 3.8) is 0 Å². The minimum Gasteiger partial charge on any atom is -0.434 e. The molecule has 112 valence electrons. The summed E-state index contributed by atoms with van der Waals surface area (Å²) in [6, 6.07) is 7.52. The number of hydrogen-bond donors (Lipinski definition) is 1. The van der Waals surface area contributed by atoms with Gasteiger partial charge in [-0.15, -0.1) is 0 Å². The van der Waals surface area contributed by atoms with E-state index >= 15 is 0 Å². The highest BCUT2D eigenvalue weighted by atomic mass is 79.9. The number of alkyl halides is 2. The first-order valence-electron chi connectivity index (χ1n) is 5.84. The van der Waals surface area contributed by atoms with Gasteiger partial charge < -0.3 is 10.5 Å². The molecule has 1 unspecified atom stereocenters. The Balaban J connectivity index is 2.45. The molecule has 0 fully saturated rings. The van der Waals surface area contributed by atoms with Crippen molar-refractivity contribution >= 4 is 27.5 Å². The maximum absolute atomic E-state index is 14.0. The summed E-state index contributed by atoms with van der Waals surface area (Å²) in [7, 11) is 0. The van der Waals surface area contributed by atoms with E-state index < -0.39 is 18.5 Å². The van der Waals surface area contributed by atoms with Crippen molar-refractivity contribution in [2.24, 2.45) is 5.73 Å². The van der Waals surface area contributed by atoms with Gasteiger partial charge in [0.15, 0.2) is 0 Å². The molecular formula is C14H10BrClF3NO. The summed E-state index contributed by atoms with van der Waals surface area (Å²) in [4.78, 5) is 0. The lowest BCUT2D eigenvalue weighted by Gasteiger charge is -2.18. The van der Waals surface area contributed by atoms with Gasteiger partial charge in [0.05, 0.1) is 11.1 Å². The molecule has 7 heteroatoms. The topological polar surface area (TPSA) is 35.2 Å². The first kappa shape index (κ1) is 16.1. The average molecular weight is 381 g/mol. The lowest BCUT2D eigenvalue weighted by molar-refractivity contribution is -0.0505. The summed E-state index contributed by atoms with van der Waals surface area (Å²) in [6.45, 7) is -2.99. The largest absolute Gasteiger partial charge is 0.434 e. The minimum atomic E-state index is -2.99. The number of ether oxygens (including phenoxy) is 1. The normalized spacial score (nSPS) is 12.5. The highest BCUT2D eigenvalue weighted by Gasteiger charge is 2.20. The molecule has 0 aliphatic rings. The van der Waals surface area contributed by atoms with E-state index in [2.05, 4.69) is 20.7 Å². The maximum atomic E-state index is 14.0. The molecule has 0 aromatic heterocycles. The van der Waals surface area contributed by atoms with Crippen molar-refractivity contribution in [2.75, 3.05) is 0 Å². The van der Waals surface area contributed by atoms with Crippen molar-refractivity contribution in [2.45, 2.75) is 12.7 Å². The standard InChI is InChI=1S/C14H10BrClF3NO/c15-9-6-11(17)8(5-10(9)16)13(20)7-3-1-2-4-12(7)21-14(18)19/h1-6,13-14H,20H2. The number of benzene rings is 2. The molecule has 0 aliphatic carbocycles. The number of para-hydroxylation sites is 1. The zero-order valence-electron chi connectivity index (χ0n) is 10.5. The van der Waals surface area contributed by atoms with Crippen molar-refractivity contribution in [3.8, 4) is 5.75 Å². The first-order valence-corrected chi connectivity index (χ1v) is 7.01. The molecule has 0 saturated carbocycles. The van der Waals surface area contributed by atoms with E-state index in [0.29, 0.717) is 4.47 Å². The number of nitrogens with two attached hydrogens (primary N) is 1. The lowest BCUT2D eigenvalue weighted by Crippen LogP contribution is -2.16. The Morgan fingerprint density at radius 2 is 1.81 bits per heavy atom. The first-order chi connectivity index (χ1) is 9.90. The van der Waals surface area contributed by atoms with Gasteiger partial charge in [-0.3, -0.25) is 0 Å². The van der Waals surface area contributed by atoms with Crippen LogP contribution in [0.2, 0.25) is 5.02 Å². The van der Waals surface area contributed by atoms with Crippen LogP contribution in [0.25, 0.3) is 0 Å². The quantitative estimate of drug-likeness (QED) is 0.767. The van der Waals surface area contributed by atoms with Gasteiger partial charge in [-0.25, -0.2) is 4.39 Å². The number of hydrogen-bond acceptors (Lipinski definition) is 2. The molecule has 2 aromatic rings. The Morgan fingerprint density at radius 3 is 2.48 bits per heavy atom. The Bertz CT molecular complexity index is 654. The molecule has 0 spiro atoms. The molecule has 21 heavy (non-hydrogen) atoms. The van der Waals surface area contributed by atoms with Crippen LogP contribution in [0.5, 0.6) is 5.75 Å².